The standard InChI is InChI=1S/C36H30O6/c1-39-35(37)31-21-22-32(41-23-25-13-17-29(18-14-25)27-9-5-3-6-10-27)34(33(31)36(38)40-2)42-24-26-15-19-30(20-16-26)28-11-7-4-8-12-28/h3-22H,23-24H2,1-2H3. The van der Waals surface area contributed by atoms with Gasteiger partial charge in [-0.3, -0.25) is 0 Å². The van der Waals surface area contributed by atoms with Crippen LogP contribution >= 0.6 is 0 Å². The van der Waals surface area contributed by atoms with Gasteiger partial charge in [-0.25, -0.2) is 9.59 Å². The van der Waals surface area contributed by atoms with Gasteiger partial charge in [-0.2, -0.15) is 0 Å². The molecule has 42 heavy (non-hydrogen) atoms. The molecular formula is C36H30O6. The minimum Gasteiger partial charge on any atom is -0.485 e. The van der Waals surface area contributed by atoms with Gasteiger partial charge in [-0.05, 0) is 45.5 Å². The third-order valence-corrected chi connectivity index (χ3v) is 6.82. The molecule has 0 aromatic heterocycles. The van der Waals surface area contributed by atoms with Crippen LogP contribution in [0.15, 0.2) is 121 Å². The molecule has 0 saturated carbocycles. The normalized spacial score (nSPS) is 10.5. The molecule has 0 N–H and O–H groups in total. The minimum atomic E-state index is -0.734. The zero-order valence-corrected chi connectivity index (χ0v) is 23.4. The fourth-order valence-electron chi connectivity index (χ4n) is 4.57. The highest BCUT2D eigenvalue weighted by molar-refractivity contribution is 6.05. The molecule has 0 atom stereocenters. The van der Waals surface area contributed by atoms with E-state index in [9.17, 15) is 9.59 Å². The van der Waals surface area contributed by atoms with Gasteiger partial charge in [-0.1, -0.05) is 109 Å². The Hall–Kier alpha value is -5.36. The fraction of sp³-hybridized carbons (Fsp3) is 0.111. The van der Waals surface area contributed by atoms with Crippen LogP contribution in [0.5, 0.6) is 11.5 Å². The van der Waals surface area contributed by atoms with Crippen LogP contribution in [0.1, 0.15) is 31.8 Å². The van der Waals surface area contributed by atoms with E-state index in [1.807, 2.05) is 97.1 Å². The van der Waals surface area contributed by atoms with Gasteiger partial charge in [0.1, 0.15) is 18.8 Å². The van der Waals surface area contributed by atoms with Crippen molar-refractivity contribution in [3.05, 3.63) is 144 Å². The average Bonchev–Trinajstić information content (AvgIpc) is 3.06. The van der Waals surface area contributed by atoms with E-state index in [0.717, 1.165) is 33.4 Å². The Labute approximate surface area is 245 Å². The van der Waals surface area contributed by atoms with Gasteiger partial charge in [0.2, 0.25) is 0 Å². The molecular weight excluding hydrogens is 528 g/mol. The van der Waals surface area contributed by atoms with E-state index in [4.69, 9.17) is 18.9 Å². The van der Waals surface area contributed by atoms with Gasteiger partial charge in [0, 0.05) is 0 Å². The lowest BCUT2D eigenvalue weighted by Gasteiger charge is -2.18. The van der Waals surface area contributed by atoms with Crippen molar-refractivity contribution >= 4 is 11.9 Å². The third kappa shape index (κ3) is 6.50. The van der Waals surface area contributed by atoms with Crippen LogP contribution in [-0.4, -0.2) is 26.2 Å². The second kappa shape index (κ2) is 13.3. The quantitative estimate of drug-likeness (QED) is 0.163. The van der Waals surface area contributed by atoms with Crippen molar-refractivity contribution in [2.75, 3.05) is 14.2 Å². The summed E-state index contributed by atoms with van der Waals surface area (Å²) in [5.74, 6) is -1.01. The van der Waals surface area contributed by atoms with E-state index in [-0.39, 0.29) is 30.1 Å². The van der Waals surface area contributed by atoms with E-state index in [1.165, 1.54) is 20.3 Å². The second-order valence-electron chi connectivity index (χ2n) is 9.50. The van der Waals surface area contributed by atoms with Gasteiger partial charge in [-0.15, -0.1) is 0 Å². The Morgan fingerprint density at radius 3 is 1.43 bits per heavy atom. The number of hydrogen-bond donors (Lipinski definition) is 0. The number of carbonyl (C=O) groups is 2. The minimum absolute atomic E-state index is 0.0262. The Balaban J connectivity index is 1.41. The number of methoxy groups -OCH3 is 2. The van der Waals surface area contributed by atoms with Crippen molar-refractivity contribution in [2.24, 2.45) is 0 Å². The highest BCUT2D eigenvalue weighted by Gasteiger charge is 2.27. The Bertz CT molecular complexity index is 1640. The highest BCUT2D eigenvalue weighted by Crippen LogP contribution is 2.36. The first kappa shape index (κ1) is 28.2. The van der Waals surface area contributed by atoms with Crippen LogP contribution in [0.3, 0.4) is 0 Å². The first-order valence-corrected chi connectivity index (χ1v) is 13.5. The van der Waals surface area contributed by atoms with Crippen LogP contribution in [0.2, 0.25) is 0 Å². The highest BCUT2D eigenvalue weighted by atomic mass is 16.5. The molecule has 0 aliphatic heterocycles. The van der Waals surface area contributed by atoms with Gasteiger partial charge < -0.3 is 18.9 Å². The number of benzene rings is 5. The van der Waals surface area contributed by atoms with Crippen LogP contribution in [0, 0.1) is 0 Å². The fourth-order valence-corrected chi connectivity index (χ4v) is 4.57. The molecule has 5 aromatic rings. The zero-order valence-electron chi connectivity index (χ0n) is 23.4. The van der Waals surface area contributed by atoms with E-state index < -0.39 is 11.9 Å². The maximum absolute atomic E-state index is 12.9. The molecule has 210 valence electrons. The summed E-state index contributed by atoms with van der Waals surface area (Å²) >= 11 is 0. The SMILES string of the molecule is COC(=O)c1ccc(OCc2ccc(-c3ccccc3)cc2)c(OCc2ccc(-c3ccccc3)cc2)c1C(=O)OC. The van der Waals surface area contributed by atoms with Crippen molar-refractivity contribution in [3.8, 4) is 33.8 Å². The molecule has 0 spiro atoms. The summed E-state index contributed by atoms with van der Waals surface area (Å²) in [5.41, 5.74) is 6.17. The van der Waals surface area contributed by atoms with Crippen molar-refractivity contribution in [1.82, 2.24) is 0 Å². The van der Waals surface area contributed by atoms with E-state index in [1.54, 1.807) is 6.07 Å². The van der Waals surface area contributed by atoms with Crippen molar-refractivity contribution in [2.45, 2.75) is 13.2 Å². The van der Waals surface area contributed by atoms with Gasteiger partial charge in [0.25, 0.3) is 0 Å². The van der Waals surface area contributed by atoms with Gasteiger partial charge in [0.15, 0.2) is 11.5 Å². The summed E-state index contributed by atoms with van der Waals surface area (Å²) in [6.07, 6.45) is 0. The van der Waals surface area contributed by atoms with E-state index in [0.29, 0.717) is 5.75 Å². The zero-order chi connectivity index (χ0) is 29.3. The molecule has 0 radical (unpaired) electrons. The summed E-state index contributed by atoms with van der Waals surface area (Å²) in [6.45, 7) is 0.348. The predicted molar refractivity (Wildman–Crippen MR) is 162 cm³/mol. The number of carbonyl (C=O) groups excluding carboxylic acids is 2. The lowest BCUT2D eigenvalue weighted by molar-refractivity contribution is 0.0549. The van der Waals surface area contributed by atoms with E-state index >= 15 is 0 Å². The van der Waals surface area contributed by atoms with Crippen molar-refractivity contribution in [3.63, 3.8) is 0 Å². The average molecular weight is 559 g/mol. The van der Waals surface area contributed by atoms with Gasteiger partial charge in [0.05, 0.1) is 19.8 Å². The maximum atomic E-state index is 12.9. The summed E-state index contributed by atoms with van der Waals surface area (Å²) < 4.78 is 22.3. The van der Waals surface area contributed by atoms with Gasteiger partial charge >= 0.3 is 11.9 Å². The molecule has 5 rings (SSSR count). The molecule has 0 aliphatic carbocycles. The number of ether oxygens (including phenoxy) is 4. The lowest BCUT2D eigenvalue weighted by Crippen LogP contribution is -2.15. The summed E-state index contributed by atoms with van der Waals surface area (Å²) in [5, 5.41) is 0. The molecule has 5 aromatic carbocycles. The molecule has 0 saturated heterocycles. The molecule has 0 aliphatic rings. The first-order chi connectivity index (χ1) is 20.6. The largest absolute Gasteiger partial charge is 0.485 e. The summed E-state index contributed by atoms with van der Waals surface area (Å²) in [6, 6.07) is 39.2. The van der Waals surface area contributed by atoms with Crippen LogP contribution in [0.4, 0.5) is 0 Å². The van der Waals surface area contributed by atoms with Crippen molar-refractivity contribution in [1.29, 1.82) is 0 Å². The molecule has 0 bridgehead atoms. The predicted octanol–water partition coefficient (Wildman–Crippen LogP) is 7.75. The Kier molecular flexibility index (Phi) is 8.94. The smallest absolute Gasteiger partial charge is 0.342 e. The van der Waals surface area contributed by atoms with E-state index in [2.05, 4.69) is 12.1 Å². The van der Waals surface area contributed by atoms with Crippen LogP contribution in [-0.2, 0) is 22.7 Å². The molecule has 0 unspecified atom stereocenters. The second-order valence-corrected chi connectivity index (χ2v) is 9.50. The summed E-state index contributed by atoms with van der Waals surface area (Å²) in [4.78, 5) is 25.5. The number of esters is 2. The third-order valence-electron chi connectivity index (χ3n) is 6.82. The van der Waals surface area contributed by atoms with Crippen LogP contribution < -0.4 is 9.47 Å². The maximum Gasteiger partial charge on any atom is 0.342 e. The first-order valence-electron chi connectivity index (χ1n) is 13.5. The molecule has 0 heterocycles. The topological polar surface area (TPSA) is 71.1 Å². The molecule has 6 nitrogen and oxygen atoms in total. The number of hydrogen-bond acceptors (Lipinski definition) is 6. The summed E-state index contributed by atoms with van der Waals surface area (Å²) in [7, 11) is 2.50. The van der Waals surface area contributed by atoms with Crippen LogP contribution in [0.25, 0.3) is 22.3 Å². The molecule has 0 fully saturated rings. The molecule has 6 heteroatoms. The molecule has 0 amide bonds. The lowest BCUT2D eigenvalue weighted by atomic mass is 10.0. The van der Waals surface area contributed by atoms with Crippen molar-refractivity contribution < 1.29 is 28.5 Å². The Morgan fingerprint density at radius 2 is 0.952 bits per heavy atom. The number of rotatable bonds is 10. The Morgan fingerprint density at radius 1 is 0.500 bits per heavy atom. The monoisotopic (exact) mass is 558 g/mol.